The van der Waals surface area contributed by atoms with Gasteiger partial charge < -0.3 is 10.1 Å². The highest BCUT2D eigenvalue weighted by Gasteiger charge is 2.34. The Kier molecular flexibility index (Phi) is 7.04. The fourth-order valence-corrected chi connectivity index (χ4v) is 6.87. The van der Waals surface area contributed by atoms with Crippen molar-refractivity contribution in [3.8, 4) is 0 Å². The van der Waals surface area contributed by atoms with Crippen molar-refractivity contribution < 1.29 is 22.7 Å². The minimum Gasteiger partial charge on any atom is -0.468 e. The molecule has 1 aliphatic rings. The van der Waals surface area contributed by atoms with Crippen LogP contribution < -0.4 is 5.32 Å². The lowest BCUT2D eigenvalue weighted by molar-refractivity contribution is -0.137. The van der Waals surface area contributed by atoms with Crippen molar-refractivity contribution in [2.24, 2.45) is 5.92 Å². The van der Waals surface area contributed by atoms with Gasteiger partial charge in [0, 0.05) is 13.1 Å². The number of nitrogens with zero attached hydrogens (tertiary/aromatic N) is 3. The summed E-state index contributed by atoms with van der Waals surface area (Å²) in [5.74, 6) is -1.01. The Hall–Kier alpha value is -1.54. The predicted octanol–water partition coefficient (Wildman–Crippen LogP) is 1.90. The van der Waals surface area contributed by atoms with Crippen molar-refractivity contribution in [3.05, 3.63) is 17.5 Å². The molecule has 0 radical (unpaired) electrons. The topological polar surface area (TPSA) is 119 Å². The molecular formula is C15H18N4O5S4. The first-order chi connectivity index (χ1) is 13.4. The molecule has 2 aromatic heterocycles. The number of ether oxygens (including phenoxy) is 1. The van der Waals surface area contributed by atoms with E-state index in [4.69, 9.17) is 0 Å². The van der Waals surface area contributed by atoms with E-state index < -0.39 is 15.9 Å². The van der Waals surface area contributed by atoms with Gasteiger partial charge in [-0.25, -0.2) is 8.42 Å². The van der Waals surface area contributed by atoms with E-state index in [0.29, 0.717) is 28.9 Å². The molecule has 3 rings (SSSR count). The van der Waals surface area contributed by atoms with Crippen LogP contribution in [0.4, 0.5) is 5.13 Å². The molecule has 0 spiro atoms. The summed E-state index contributed by atoms with van der Waals surface area (Å²) in [5, 5.41) is 12.5. The lowest BCUT2D eigenvalue weighted by atomic mass is 9.99. The molecule has 0 aliphatic carbocycles. The molecular weight excluding hydrogens is 444 g/mol. The monoisotopic (exact) mass is 462 g/mol. The van der Waals surface area contributed by atoms with Gasteiger partial charge in [0.25, 0.3) is 10.0 Å². The van der Waals surface area contributed by atoms with Crippen molar-refractivity contribution in [1.82, 2.24) is 14.5 Å². The number of anilines is 1. The maximum atomic E-state index is 12.7. The predicted molar refractivity (Wildman–Crippen MR) is 107 cm³/mol. The SMILES string of the molecule is COC(=O)CSc1nnc(NC(=O)[C@H]2CCCN(S(=O)(=O)c3cccs3)C2)s1. The molecule has 0 aromatic carbocycles. The first-order valence-corrected chi connectivity index (χ1v) is 12.4. The summed E-state index contributed by atoms with van der Waals surface area (Å²) in [6, 6.07) is 3.26. The van der Waals surface area contributed by atoms with Crippen molar-refractivity contribution >= 4 is 61.5 Å². The molecule has 13 heteroatoms. The van der Waals surface area contributed by atoms with E-state index in [0.717, 1.165) is 22.7 Å². The molecule has 1 fully saturated rings. The molecule has 1 atom stereocenters. The number of esters is 1. The van der Waals surface area contributed by atoms with Crippen LogP contribution in [0.1, 0.15) is 12.8 Å². The highest BCUT2D eigenvalue weighted by molar-refractivity contribution is 8.01. The normalized spacial score (nSPS) is 18.0. The first-order valence-electron chi connectivity index (χ1n) is 8.28. The van der Waals surface area contributed by atoms with Crippen LogP contribution >= 0.6 is 34.4 Å². The van der Waals surface area contributed by atoms with Crippen molar-refractivity contribution in [2.45, 2.75) is 21.4 Å². The summed E-state index contributed by atoms with van der Waals surface area (Å²) in [6.07, 6.45) is 1.21. The molecule has 1 amide bonds. The third kappa shape index (κ3) is 5.08. The van der Waals surface area contributed by atoms with E-state index in [9.17, 15) is 18.0 Å². The molecule has 1 aliphatic heterocycles. The van der Waals surface area contributed by atoms with Crippen LogP contribution in [0.25, 0.3) is 0 Å². The van der Waals surface area contributed by atoms with E-state index in [1.165, 1.54) is 23.2 Å². The molecule has 0 bridgehead atoms. The molecule has 0 saturated carbocycles. The summed E-state index contributed by atoms with van der Waals surface area (Å²) in [6.45, 7) is 0.534. The molecule has 0 unspecified atom stereocenters. The standard InChI is InChI=1S/C15H18N4O5S4/c1-24-11(20)9-26-15-18-17-14(27-15)16-13(21)10-4-2-6-19(8-10)28(22,23)12-5-3-7-25-12/h3,5,7,10H,2,4,6,8-9H2,1H3,(H,16,17,21)/t10-/m0/s1. The van der Waals surface area contributed by atoms with Gasteiger partial charge in [-0.05, 0) is 24.3 Å². The van der Waals surface area contributed by atoms with E-state index in [2.05, 4.69) is 20.3 Å². The lowest BCUT2D eigenvalue weighted by Crippen LogP contribution is -2.43. The number of hydrogen-bond donors (Lipinski definition) is 1. The van der Waals surface area contributed by atoms with Crippen LogP contribution in [0.3, 0.4) is 0 Å². The molecule has 28 heavy (non-hydrogen) atoms. The Balaban J connectivity index is 1.59. The second-order valence-corrected chi connectivity index (χ2v) is 11.2. The van der Waals surface area contributed by atoms with E-state index in [1.54, 1.807) is 17.5 Å². The van der Waals surface area contributed by atoms with E-state index >= 15 is 0 Å². The number of carbonyl (C=O) groups is 2. The Morgan fingerprint density at radius 2 is 2.25 bits per heavy atom. The molecule has 3 heterocycles. The molecule has 1 N–H and O–H groups in total. The van der Waals surface area contributed by atoms with Gasteiger partial charge in [0.15, 0.2) is 4.34 Å². The van der Waals surface area contributed by atoms with Crippen LogP contribution in [-0.2, 0) is 24.3 Å². The average Bonchev–Trinajstić information content (AvgIpc) is 3.38. The molecule has 152 valence electrons. The number of thiophene rings is 1. The molecule has 9 nitrogen and oxygen atoms in total. The van der Waals surface area contributed by atoms with E-state index in [1.807, 2.05) is 0 Å². The Bertz CT molecular complexity index is 928. The third-order valence-electron chi connectivity index (χ3n) is 4.02. The third-order valence-corrected chi connectivity index (χ3v) is 9.21. The number of sulfonamides is 1. The highest BCUT2D eigenvalue weighted by atomic mass is 32.2. The number of rotatable bonds is 7. The minimum absolute atomic E-state index is 0.108. The second-order valence-electron chi connectivity index (χ2n) is 5.86. The number of amides is 1. The number of thioether (sulfide) groups is 1. The number of piperidine rings is 1. The summed E-state index contributed by atoms with van der Waals surface area (Å²) in [5.41, 5.74) is 0. The van der Waals surface area contributed by atoms with Crippen LogP contribution in [0.2, 0.25) is 0 Å². The Morgan fingerprint density at radius 1 is 1.43 bits per heavy atom. The minimum atomic E-state index is -3.57. The number of hydrogen-bond acceptors (Lipinski definition) is 10. The summed E-state index contributed by atoms with van der Waals surface area (Å²) < 4.78 is 32.1. The molecule has 1 saturated heterocycles. The maximum absolute atomic E-state index is 12.7. The zero-order valence-electron chi connectivity index (χ0n) is 14.9. The van der Waals surface area contributed by atoms with Crippen molar-refractivity contribution in [2.75, 3.05) is 31.3 Å². The van der Waals surface area contributed by atoms with Gasteiger partial charge in [0.1, 0.15) is 4.21 Å². The van der Waals surface area contributed by atoms with Crippen LogP contribution in [-0.4, -0.2) is 60.7 Å². The number of aromatic nitrogens is 2. The van der Waals surface area contributed by atoms with Gasteiger partial charge in [0.2, 0.25) is 11.0 Å². The smallest absolute Gasteiger partial charge is 0.316 e. The maximum Gasteiger partial charge on any atom is 0.316 e. The van der Waals surface area contributed by atoms with Gasteiger partial charge in [0.05, 0.1) is 18.8 Å². The lowest BCUT2D eigenvalue weighted by Gasteiger charge is -2.30. The Labute approximate surface area is 174 Å². The second kappa shape index (κ2) is 9.31. The number of carbonyl (C=O) groups excluding carboxylic acids is 2. The number of methoxy groups -OCH3 is 1. The van der Waals surface area contributed by atoms with Crippen LogP contribution in [0.15, 0.2) is 26.1 Å². The Morgan fingerprint density at radius 3 is 2.96 bits per heavy atom. The van der Waals surface area contributed by atoms with Gasteiger partial charge in [-0.2, -0.15) is 4.31 Å². The first kappa shape index (κ1) is 21.2. The summed E-state index contributed by atoms with van der Waals surface area (Å²) in [7, 11) is -2.27. The zero-order valence-corrected chi connectivity index (χ0v) is 18.1. The van der Waals surface area contributed by atoms with Crippen molar-refractivity contribution in [1.29, 1.82) is 0 Å². The van der Waals surface area contributed by atoms with Gasteiger partial charge >= 0.3 is 5.97 Å². The summed E-state index contributed by atoms with van der Waals surface area (Å²) >= 11 is 3.49. The highest BCUT2D eigenvalue weighted by Crippen LogP contribution is 2.29. The quantitative estimate of drug-likeness (QED) is 0.377. The summed E-state index contributed by atoms with van der Waals surface area (Å²) in [4.78, 5) is 23.7. The average molecular weight is 463 g/mol. The number of nitrogens with one attached hydrogen (secondary N) is 1. The van der Waals surface area contributed by atoms with Gasteiger partial charge in [-0.1, -0.05) is 29.2 Å². The molecule has 2 aromatic rings. The van der Waals surface area contributed by atoms with Gasteiger partial charge in [-0.15, -0.1) is 21.5 Å². The van der Waals surface area contributed by atoms with Crippen LogP contribution in [0, 0.1) is 5.92 Å². The fraction of sp³-hybridized carbons (Fsp3) is 0.467. The van der Waals surface area contributed by atoms with Gasteiger partial charge in [-0.3, -0.25) is 9.59 Å². The van der Waals surface area contributed by atoms with Crippen LogP contribution in [0.5, 0.6) is 0 Å². The van der Waals surface area contributed by atoms with E-state index in [-0.39, 0.29) is 28.4 Å². The zero-order chi connectivity index (χ0) is 20.1. The van der Waals surface area contributed by atoms with Crippen molar-refractivity contribution in [3.63, 3.8) is 0 Å². The fourth-order valence-electron chi connectivity index (χ4n) is 2.62. The largest absolute Gasteiger partial charge is 0.468 e.